The normalized spacial score (nSPS) is 14.9. The van der Waals surface area contributed by atoms with Crippen molar-refractivity contribution in [3.05, 3.63) is 53.3 Å². The van der Waals surface area contributed by atoms with Crippen LogP contribution in [0.15, 0.2) is 36.4 Å². The summed E-state index contributed by atoms with van der Waals surface area (Å²) in [7, 11) is 4.70. The third-order valence-corrected chi connectivity index (χ3v) is 5.47. The molecule has 3 rings (SSSR count). The number of carbonyl (C=O) groups is 1. The average Bonchev–Trinajstić information content (AvgIpc) is 2.78. The first-order chi connectivity index (χ1) is 14.5. The zero-order chi connectivity index (χ0) is 21.5. The molecule has 2 aromatic carbocycles. The second-order valence-corrected chi connectivity index (χ2v) is 7.43. The number of likely N-dealkylation sites (tertiary alicyclic amines) is 1. The lowest BCUT2D eigenvalue weighted by molar-refractivity contribution is -0.126. The van der Waals surface area contributed by atoms with Gasteiger partial charge >= 0.3 is 0 Å². The van der Waals surface area contributed by atoms with Crippen molar-refractivity contribution in [2.24, 2.45) is 5.92 Å². The fourth-order valence-electron chi connectivity index (χ4n) is 3.77. The van der Waals surface area contributed by atoms with E-state index in [1.54, 1.807) is 21.3 Å². The molecule has 0 atom stereocenters. The minimum atomic E-state index is -0.221. The van der Waals surface area contributed by atoms with Gasteiger partial charge in [0.05, 0.1) is 21.3 Å². The van der Waals surface area contributed by atoms with E-state index >= 15 is 0 Å². The summed E-state index contributed by atoms with van der Waals surface area (Å²) in [6.07, 6.45) is 1.62. The maximum Gasteiger partial charge on any atom is 0.223 e. The number of nitrogens with one attached hydrogen (secondary N) is 1. The molecule has 0 spiro atoms. The Balaban J connectivity index is 1.51. The third-order valence-electron chi connectivity index (χ3n) is 5.47. The predicted molar refractivity (Wildman–Crippen MR) is 112 cm³/mol. The van der Waals surface area contributed by atoms with Crippen molar-refractivity contribution in [1.29, 1.82) is 0 Å². The maximum atomic E-state index is 13.0. The van der Waals surface area contributed by atoms with E-state index in [9.17, 15) is 9.18 Å². The molecule has 0 aromatic heterocycles. The minimum absolute atomic E-state index is 0.00323. The Labute approximate surface area is 176 Å². The van der Waals surface area contributed by atoms with Crippen LogP contribution in [0.3, 0.4) is 0 Å². The first kappa shape index (κ1) is 21.9. The van der Waals surface area contributed by atoms with Crippen molar-refractivity contribution < 1.29 is 23.4 Å². The molecule has 162 valence electrons. The number of carbonyl (C=O) groups excluding carboxylic acids is 1. The van der Waals surface area contributed by atoms with Crippen LogP contribution in [-0.4, -0.2) is 45.2 Å². The summed E-state index contributed by atoms with van der Waals surface area (Å²) in [5.74, 6) is 1.50. The first-order valence-corrected chi connectivity index (χ1v) is 10.1. The molecule has 1 saturated heterocycles. The van der Waals surface area contributed by atoms with Crippen molar-refractivity contribution >= 4 is 5.91 Å². The number of hydrogen-bond acceptors (Lipinski definition) is 5. The molecule has 2 aromatic rings. The highest BCUT2D eigenvalue weighted by Crippen LogP contribution is 2.38. The average molecular weight is 416 g/mol. The number of rotatable bonds is 8. The van der Waals surface area contributed by atoms with E-state index in [-0.39, 0.29) is 17.6 Å². The van der Waals surface area contributed by atoms with Gasteiger partial charge in [-0.15, -0.1) is 0 Å². The molecule has 1 fully saturated rings. The van der Waals surface area contributed by atoms with Crippen molar-refractivity contribution in [2.75, 3.05) is 34.4 Å². The lowest BCUT2D eigenvalue weighted by Crippen LogP contribution is -2.40. The zero-order valence-electron chi connectivity index (χ0n) is 17.7. The Morgan fingerprint density at radius 1 is 1.00 bits per heavy atom. The summed E-state index contributed by atoms with van der Waals surface area (Å²) in [6.45, 7) is 2.87. The maximum absolute atomic E-state index is 13.0. The Kier molecular flexibility index (Phi) is 7.52. The largest absolute Gasteiger partial charge is 0.493 e. The van der Waals surface area contributed by atoms with Gasteiger partial charge in [-0.3, -0.25) is 9.69 Å². The molecular formula is C23H29FN2O4. The van der Waals surface area contributed by atoms with Crippen molar-refractivity contribution in [2.45, 2.75) is 25.9 Å². The molecule has 7 heteroatoms. The van der Waals surface area contributed by atoms with Crippen LogP contribution in [0.1, 0.15) is 24.0 Å². The van der Waals surface area contributed by atoms with Crippen LogP contribution in [0.5, 0.6) is 17.2 Å². The van der Waals surface area contributed by atoms with Gasteiger partial charge in [-0.1, -0.05) is 12.1 Å². The second-order valence-electron chi connectivity index (χ2n) is 7.43. The molecule has 0 saturated carbocycles. The van der Waals surface area contributed by atoms with Crippen LogP contribution in [0.2, 0.25) is 0 Å². The molecule has 30 heavy (non-hydrogen) atoms. The molecule has 1 amide bonds. The number of hydrogen-bond donors (Lipinski definition) is 1. The molecule has 1 N–H and O–H groups in total. The van der Waals surface area contributed by atoms with E-state index in [2.05, 4.69) is 10.2 Å². The van der Waals surface area contributed by atoms with E-state index in [0.29, 0.717) is 23.8 Å². The van der Waals surface area contributed by atoms with Gasteiger partial charge < -0.3 is 19.5 Å². The highest BCUT2D eigenvalue weighted by molar-refractivity contribution is 5.78. The van der Waals surface area contributed by atoms with E-state index in [1.165, 1.54) is 12.1 Å². The summed E-state index contributed by atoms with van der Waals surface area (Å²) in [4.78, 5) is 14.9. The second kappa shape index (κ2) is 10.3. The monoisotopic (exact) mass is 416 g/mol. The Bertz CT molecular complexity index is 824. The number of halogens is 1. The molecule has 1 aliphatic heterocycles. The molecular weight excluding hydrogens is 387 g/mol. The van der Waals surface area contributed by atoms with Gasteiger partial charge in [0.2, 0.25) is 11.7 Å². The number of nitrogens with zero attached hydrogens (tertiary/aromatic N) is 1. The number of methoxy groups -OCH3 is 3. The van der Waals surface area contributed by atoms with E-state index in [4.69, 9.17) is 14.2 Å². The van der Waals surface area contributed by atoms with Crippen molar-refractivity contribution in [3.8, 4) is 17.2 Å². The highest BCUT2D eigenvalue weighted by atomic mass is 19.1. The minimum Gasteiger partial charge on any atom is -0.493 e. The smallest absolute Gasteiger partial charge is 0.223 e. The van der Waals surface area contributed by atoms with Gasteiger partial charge in [0.15, 0.2) is 11.5 Å². The van der Waals surface area contributed by atoms with Gasteiger partial charge in [-0.05, 0) is 61.3 Å². The Morgan fingerprint density at radius 3 is 2.13 bits per heavy atom. The molecule has 1 heterocycles. The van der Waals surface area contributed by atoms with Crippen LogP contribution >= 0.6 is 0 Å². The lowest BCUT2D eigenvalue weighted by atomic mass is 9.95. The van der Waals surface area contributed by atoms with Gasteiger partial charge in [-0.2, -0.15) is 0 Å². The van der Waals surface area contributed by atoms with Gasteiger partial charge in [0.25, 0.3) is 0 Å². The molecule has 0 aliphatic carbocycles. The van der Waals surface area contributed by atoms with Crippen LogP contribution in [0.25, 0.3) is 0 Å². The van der Waals surface area contributed by atoms with Gasteiger partial charge in [0, 0.05) is 19.0 Å². The molecule has 6 nitrogen and oxygen atoms in total. The summed E-state index contributed by atoms with van der Waals surface area (Å²) in [5, 5.41) is 3.03. The number of ether oxygens (including phenoxy) is 3. The fourth-order valence-corrected chi connectivity index (χ4v) is 3.77. The Hall–Kier alpha value is -2.80. The van der Waals surface area contributed by atoms with E-state index < -0.39 is 0 Å². The topological polar surface area (TPSA) is 60.0 Å². The lowest BCUT2D eigenvalue weighted by Gasteiger charge is -2.31. The summed E-state index contributed by atoms with van der Waals surface area (Å²) in [5.41, 5.74) is 1.97. The summed E-state index contributed by atoms with van der Waals surface area (Å²) in [6, 6.07) is 10.3. The van der Waals surface area contributed by atoms with Crippen LogP contribution in [0.4, 0.5) is 4.39 Å². The quantitative estimate of drug-likeness (QED) is 0.715. The van der Waals surface area contributed by atoms with E-state index in [0.717, 1.165) is 43.6 Å². The standard InChI is InChI=1S/C23H29FN2O4/c1-28-20-12-17(13-21(29-2)22(20)30-3)14-25-23(27)18-8-10-26(11-9-18)15-16-4-6-19(24)7-5-16/h4-7,12-13,18H,8-11,14-15H2,1-3H3,(H,25,27). The fraction of sp³-hybridized carbons (Fsp3) is 0.435. The predicted octanol–water partition coefficient (Wildman–Crippen LogP) is 3.38. The number of piperidine rings is 1. The van der Waals surface area contributed by atoms with E-state index in [1.807, 2.05) is 24.3 Å². The highest BCUT2D eigenvalue weighted by Gasteiger charge is 2.25. The van der Waals surface area contributed by atoms with Gasteiger partial charge in [0.1, 0.15) is 5.82 Å². The van der Waals surface area contributed by atoms with Crippen LogP contribution in [0, 0.1) is 11.7 Å². The first-order valence-electron chi connectivity index (χ1n) is 10.1. The SMILES string of the molecule is COc1cc(CNC(=O)C2CCN(Cc3ccc(F)cc3)CC2)cc(OC)c1OC. The molecule has 1 aliphatic rings. The van der Waals surface area contributed by atoms with Gasteiger partial charge in [-0.25, -0.2) is 4.39 Å². The van der Waals surface area contributed by atoms with Crippen molar-refractivity contribution in [1.82, 2.24) is 10.2 Å². The molecule has 0 unspecified atom stereocenters. The third kappa shape index (κ3) is 5.42. The van der Waals surface area contributed by atoms with Crippen molar-refractivity contribution in [3.63, 3.8) is 0 Å². The Morgan fingerprint density at radius 2 is 1.60 bits per heavy atom. The number of amides is 1. The summed E-state index contributed by atoms with van der Waals surface area (Å²) >= 11 is 0. The van der Waals surface area contributed by atoms with Crippen LogP contribution < -0.4 is 19.5 Å². The van der Waals surface area contributed by atoms with Crippen LogP contribution in [-0.2, 0) is 17.9 Å². The zero-order valence-corrected chi connectivity index (χ0v) is 17.7. The molecule has 0 bridgehead atoms. The number of benzene rings is 2. The molecule has 0 radical (unpaired) electrons. The summed E-state index contributed by atoms with van der Waals surface area (Å²) < 4.78 is 29.1.